The first-order chi connectivity index (χ1) is 10.7. The summed E-state index contributed by atoms with van der Waals surface area (Å²) in [5, 5.41) is 10.0. The molecule has 0 aromatic heterocycles. The van der Waals surface area contributed by atoms with Crippen molar-refractivity contribution in [2.24, 2.45) is 5.92 Å². The molecule has 0 aromatic rings. The second-order valence-electron chi connectivity index (χ2n) is 7.28. The van der Waals surface area contributed by atoms with E-state index in [1.807, 2.05) is 0 Å². The summed E-state index contributed by atoms with van der Waals surface area (Å²) in [4.78, 5) is 19.1. The number of rotatable bonds is 5. The van der Waals surface area contributed by atoms with Crippen molar-refractivity contribution in [1.82, 2.24) is 14.7 Å². The number of aliphatic hydroxyl groups excluding tert-OH is 1. The van der Waals surface area contributed by atoms with E-state index in [2.05, 4.69) is 14.7 Å². The zero-order valence-corrected chi connectivity index (χ0v) is 13.8. The van der Waals surface area contributed by atoms with Crippen molar-refractivity contribution in [1.29, 1.82) is 0 Å². The van der Waals surface area contributed by atoms with Gasteiger partial charge in [-0.2, -0.15) is 0 Å². The third-order valence-electron chi connectivity index (χ3n) is 5.39. The summed E-state index contributed by atoms with van der Waals surface area (Å²) < 4.78 is 0. The number of carbonyl (C=O) groups is 1. The molecule has 0 unspecified atom stereocenters. The van der Waals surface area contributed by atoms with Gasteiger partial charge in [-0.3, -0.25) is 14.6 Å². The lowest BCUT2D eigenvalue weighted by atomic mass is 10.2. The summed E-state index contributed by atoms with van der Waals surface area (Å²) in [5.41, 5.74) is 0. The van der Waals surface area contributed by atoms with E-state index in [9.17, 15) is 9.90 Å². The van der Waals surface area contributed by atoms with E-state index in [1.54, 1.807) is 0 Å². The molecule has 0 bridgehead atoms. The van der Waals surface area contributed by atoms with Gasteiger partial charge in [0.1, 0.15) is 0 Å². The van der Waals surface area contributed by atoms with Gasteiger partial charge in [-0.25, -0.2) is 0 Å². The molecule has 5 heteroatoms. The molecule has 0 spiro atoms. The number of nitrogens with zero attached hydrogens (tertiary/aromatic N) is 3. The minimum atomic E-state index is -0.134. The van der Waals surface area contributed by atoms with Gasteiger partial charge >= 0.3 is 0 Å². The smallest absolute Gasteiger partial charge is 0.236 e. The van der Waals surface area contributed by atoms with Crippen molar-refractivity contribution in [3.8, 4) is 0 Å². The second kappa shape index (κ2) is 7.75. The van der Waals surface area contributed by atoms with Crippen LogP contribution < -0.4 is 0 Å². The van der Waals surface area contributed by atoms with Gasteiger partial charge in [0, 0.05) is 45.8 Å². The maximum Gasteiger partial charge on any atom is 0.236 e. The van der Waals surface area contributed by atoms with Crippen molar-refractivity contribution in [3.63, 3.8) is 0 Å². The van der Waals surface area contributed by atoms with Crippen molar-refractivity contribution in [2.75, 3.05) is 52.4 Å². The quantitative estimate of drug-likeness (QED) is 0.815. The minimum Gasteiger partial charge on any atom is -0.392 e. The molecule has 22 heavy (non-hydrogen) atoms. The number of carbonyl (C=O) groups excluding carboxylic acids is 1. The number of amides is 1. The average molecular weight is 309 g/mol. The first-order valence-corrected chi connectivity index (χ1v) is 9.13. The molecule has 0 aromatic carbocycles. The van der Waals surface area contributed by atoms with Crippen LogP contribution in [0.5, 0.6) is 0 Å². The second-order valence-corrected chi connectivity index (χ2v) is 7.28. The Kier molecular flexibility index (Phi) is 5.71. The average Bonchev–Trinajstić information content (AvgIpc) is 3.36. The molecule has 2 heterocycles. The maximum atomic E-state index is 12.4. The van der Waals surface area contributed by atoms with Crippen molar-refractivity contribution in [2.45, 2.75) is 44.6 Å². The Morgan fingerprint density at radius 1 is 0.909 bits per heavy atom. The molecule has 2 saturated heterocycles. The van der Waals surface area contributed by atoms with Crippen LogP contribution in [0.25, 0.3) is 0 Å². The minimum absolute atomic E-state index is 0.134. The molecule has 3 rings (SSSR count). The van der Waals surface area contributed by atoms with Crippen LogP contribution in [0.1, 0.15) is 38.5 Å². The maximum absolute atomic E-state index is 12.4. The molecule has 1 N–H and O–H groups in total. The van der Waals surface area contributed by atoms with Crippen molar-refractivity contribution in [3.05, 3.63) is 0 Å². The molecular formula is C17H31N3O2. The van der Waals surface area contributed by atoms with Crippen molar-refractivity contribution < 1.29 is 9.90 Å². The van der Waals surface area contributed by atoms with E-state index in [0.717, 1.165) is 45.8 Å². The molecule has 3 fully saturated rings. The molecule has 1 amide bonds. The van der Waals surface area contributed by atoms with Gasteiger partial charge in [-0.15, -0.1) is 0 Å². The fourth-order valence-corrected chi connectivity index (χ4v) is 3.64. The van der Waals surface area contributed by atoms with Crippen LogP contribution in [0, 0.1) is 5.92 Å². The Morgan fingerprint density at radius 3 is 2.09 bits per heavy atom. The van der Waals surface area contributed by atoms with Gasteiger partial charge in [-0.05, 0) is 31.6 Å². The summed E-state index contributed by atoms with van der Waals surface area (Å²) in [6.45, 7) is 7.18. The summed E-state index contributed by atoms with van der Waals surface area (Å²) in [5.74, 6) is 0.871. The van der Waals surface area contributed by atoms with Gasteiger partial charge in [0.25, 0.3) is 0 Å². The fourth-order valence-electron chi connectivity index (χ4n) is 3.64. The van der Waals surface area contributed by atoms with Crippen LogP contribution in [0.4, 0.5) is 0 Å². The predicted octanol–water partition coefficient (Wildman–Crippen LogP) is 0.778. The SMILES string of the molecule is O=C(CN1CCN(C[C@H](O)C2CC2)CC1)N1CCCCCC1. The van der Waals surface area contributed by atoms with Gasteiger partial charge < -0.3 is 10.0 Å². The standard InChI is InChI=1S/C17H31N3O2/c21-16(15-5-6-15)13-18-9-11-19(12-10-18)14-17(22)20-7-3-1-2-4-8-20/h15-16,21H,1-14H2/t16-/m0/s1. The summed E-state index contributed by atoms with van der Waals surface area (Å²) in [7, 11) is 0. The number of hydrogen-bond donors (Lipinski definition) is 1. The van der Waals surface area contributed by atoms with E-state index in [-0.39, 0.29) is 6.10 Å². The van der Waals surface area contributed by atoms with Gasteiger partial charge in [0.2, 0.25) is 5.91 Å². The topological polar surface area (TPSA) is 47.0 Å². The van der Waals surface area contributed by atoms with Crippen LogP contribution in [-0.2, 0) is 4.79 Å². The molecule has 0 radical (unpaired) electrons. The lowest BCUT2D eigenvalue weighted by molar-refractivity contribution is -0.132. The summed E-state index contributed by atoms with van der Waals surface area (Å²) >= 11 is 0. The van der Waals surface area contributed by atoms with Crippen LogP contribution in [0.3, 0.4) is 0 Å². The van der Waals surface area contributed by atoms with E-state index in [0.29, 0.717) is 18.4 Å². The number of aliphatic hydroxyl groups is 1. The highest BCUT2D eigenvalue weighted by molar-refractivity contribution is 5.78. The number of β-amino-alcohol motifs (C(OH)–C–C–N with tert-alkyl or cyclic N) is 1. The van der Waals surface area contributed by atoms with E-state index < -0.39 is 0 Å². The Labute approximate surface area is 134 Å². The fraction of sp³-hybridized carbons (Fsp3) is 0.941. The molecule has 5 nitrogen and oxygen atoms in total. The third kappa shape index (κ3) is 4.67. The molecule has 1 atom stereocenters. The number of likely N-dealkylation sites (tertiary alicyclic amines) is 1. The Balaban J connectivity index is 1.36. The van der Waals surface area contributed by atoms with Gasteiger partial charge in [0.15, 0.2) is 0 Å². The summed E-state index contributed by atoms with van der Waals surface area (Å²) in [6.07, 6.45) is 7.14. The van der Waals surface area contributed by atoms with Gasteiger partial charge in [-0.1, -0.05) is 12.8 Å². The Hall–Kier alpha value is -0.650. The Bertz CT molecular complexity index is 357. The van der Waals surface area contributed by atoms with Crippen LogP contribution in [0.15, 0.2) is 0 Å². The largest absolute Gasteiger partial charge is 0.392 e. The normalized spacial score (nSPS) is 26.7. The molecule has 3 aliphatic rings. The Morgan fingerprint density at radius 2 is 1.50 bits per heavy atom. The molecule has 2 aliphatic heterocycles. The van der Waals surface area contributed by atoms with E-state index >= 15 is 0 Å². The lowest BCUT2D eigenvalue weighted by Gasteiger charge is -2.36. The van der Waals surface area contributed by atoms with Crippen LogP contribution in [-0.4, -0.2) is 84.2 Å². The molecule has 1 saturated carbocycles. The van der Waals surface area contributed by atoms with E-state index in [1.165, 1.54) is 38.5 Å². The van der Waals surface area contributed by atoms with Crippen molar-refractivity contribution >= 4 is 5.91 Å². The first kappa shape index (κ1) is 16.2. The van der Waals surface area contributed by atoms with Crippen LogP contribution >= 0.6 is 0 Å². The predicted molar refractivity (Wildman–Crippen MR) is 86.7 cm³/mol. The third-order valence-corrected chi connectivity index (χ3v) is 5.39. The monoisotopic (exact) mass is 309 g/mol. The van der Waals surface area contributed by atoms with E-state index in [4.69, 9.17) is 0 Å². The molecule has 1 aliphatic carbocycles. The van der Waals surface area contributed by atoms with Crippen LogP contribution in [0.2, 0.25) is 0 Å². The number of piperazine rings is 1. The highest BCUT2D eigenvalue weighted by Gasteiger charge is 2.31. The molecular weight excluding hydrogens is 278 g/mol. The first-order valence-electron chi connectivity index (χ1n) is 9.13. The lowest BCUT2D eigenvalue weighted by Crippen LogP contribution is -2.51. The molecule has 126 valence electrons. The highest BCUT2D eigenvalue weighted by Crippen LogP contribution is 2.32. The highest BCUT2D eigenvalue weighted by atomic mass is 16.3. The zero-order valence-electron chi connectivity index (χ0n) is 13.8. The zero-order chi connectivity index (χ0) is 15.4. The number of hydrogen-bond acceptors (Lipinski definition) is 4. The summed E-state index contributed by atoms with van der Waals surface area (Å²) in [6, 6.07) is 0. The van der Waals surface area contributed by atoms with Gasteiger partial charge in [0.05, 0.1) is 12.6 Å².